The summed E-state index contributed by atoms with van der Waals surface area (Å²) >= 11 is 3.40. The number of nitrogens with one attached hydrogen (secondary N) is 1. The van der Waals surface area contributed by atoms with Gasteiger partial charge in [0, 0.05) is 29.7 Å². The van der Waals surface area contributed by atoms with E-state index in [1.54, 1.807) is 34.6 Å². The molecular weight excluding hydrogens is 476 g/mol. The van der Waals surface area contributed by atoms with Crippen molar-refractivity contribution in [2.75, 3.05) is 13.1 Å². The predicted molar refractivity (Wildman–Crippen MR) is 125 cm³/mol. The Kier molecular flexibility index (Phi) is 6.55. The molecule has 160 valence electrons. The third-order valence-electron chi connectivity index (χ3n) is 5.38. The maximum atomic E-state index is 12.7. The van der Waals surface area contributed by atoms with E-state index in [4.69, 9.17) is 0 Å². The summed E-state index contributed by atoms with van der Waals surface area (Å²) in [5.74, 6) is -0.155. The number of carbonyl (C=O) groups excluding carboxylic acids is 1. The molecule has 31 heavy (non-hydrogen) atoms. The molecule has 3 aromatic carbocycles. The monoisotopic (exact) mass is 498 g/mol. The Balaban J connectivity index is 1.47. The van der Waals surface area contributed by atoms with E-state index in [1.165, 1.54) is 0 Å². The molecule has 0 aromatic heterocycles. The van der Waals surface area contributed by atoms with Crippen molar-refractivity contribution in [3.05, 3.63) is 88.4 Å². The Labute approximate surface area is 191 Å². The maximum Gasteiger partial charge on any atom is 0.251 e. The van der Waals surface area contributed by atoms with Crippen molar-refractivity contribution in [2.45, 2.75) is 24.3 Å². The van der Waals surface area contributed by atoms with Crippen molar-refractivity contribution in [2.24, 2.45) is 0 Å². The Morgan fingerprint density at radius 1 is 0.903 bits per heavy atom. The third-order valence-corrected chi connectivity index (χ3v) is 7.82. The lowest BCUT2D eigenvalue weighted by atomic mass is 10.0. The van der Waals surface area contributed by atoms with Gasteiger partial charge in [0.05, 0.1) is 4.90 Å². The lowest BCUT2D eigenvalue weighted by Gasteiger charge is -2.15. The van der Waals surface area contributed by atoms with E-state index in [1.807, 2.05) is 42.5 Å². The van der Waals surface area contributed by atoms with Crippen LogP contribution in [-0.2, 0) is 16.6 Å². The molecule has 0 radical (unpaired) electrons. The van der Waals surface area contributed by atoms with Crippen molar-refractivity contribution in [1.82, 2.24) is 9.62 Å². The minimum Gasteiger partial charge on any atom is -0.348 e. The molecule has 0 spiro atoms. The van der Waals surface area contributed by atoms with Gasteiger partial charge in [0.1, 0.15) is 0 Å². The molecule has 0 aliphatic carbocycles. The van der Waals surface area contributed by atoms with E-state index >= 15 is 0 Å². The number of halogens is 1. The molecule has 7 heteroatoms. The molecule has 3 aromatic rings. The van der Waals surface area contributed by atoms with Gasteiger partial charge >= 0.3 is 0 Å². The Bertz CT molecular complexity index is 1170. The summed E-state index contributed by atoms with van der Waals surface area (Å²) in [6.45, 7) is 1.61. The van der Waals surface area contributed by atoms with Crippen LogP contribution >= 0.6 is 15.9 Å². The number of hydrogen-bond acceptors (Lipinski definition) is 3. The van der Waals surface area contributed by atoms with E-state index in [0.29, 0.717) is 30.1 Å². The van der Waals surface area contributed by atoms with Crippen LogP contribution in [0.3, 0.4) is 0 Å². The van der Waals surface area contributed by atoms with Gasteiger partial charge in [-0.1, -0.05) is 52.3 Å². The van der Waals surface area contributed by atoms with Crippen molar-refractivity contribution < 1.29 is 13.2 Å². The largest absolute Gasteiger partial charge is 0.348 e. The SMILES string of the molecule is O=C(NCc1ccc(Br)cc1)c1cccc(-c2ccc(S(=O)(=O)N3CCCC3)cc2)c1. The normalized spacial score (nSPS) is 14.5. The Morgan fingerprint density at radius 3 is 2.26 bits per heavy atom. The number of carbonyl (C=O) groups is 1. The summed E-state index contributed by atoms with van der Waals surface area (Å²) in [4.78, 5) is 12.9. The average Bonchev–Trinajstić information content (AvgIpc) is 3.35. The minimum atomic E-state index is -3.43. The van der Waals surface area contributed by atoms with Crippen LogP contribution in [0.5, 0.6) is 0 Å². The first-order valence-corrected chi connectivity index (χ1v) is 12.4. The van der Waals surface area contributed by atoms with E-state index in [2.05, 4.69) is 21.2 Å². The maximum absolute atomic E-state index is 12.7. The molecule has 0 bridgehead atoms. The summed E-state index contributed by atoms with van der Waals surface area (Å²) < 4.78 is 27.9. The molecule has 1 N–H and O–H groups in total. The number of amides is 1. The molecule has 4 rings (SSSR count). The van der Waals surface area contributed by atoms with Crippen LogP contribution in [-0.4, -0.2) is 31.7 Å². The lowest BCUT2D eigenvalue weighted by Crippen LogP contribution is -2.27. The molecular formula is C24H23BrN2O3S. The van der Waals surface area contributed by atoms with Crippen LogP contribution in [0.25, 0.3) is 11.1 Å². The molecule has 1 heterocycles. The fourth-order valence-corrected chi connectivity index (χ4v) is 5.40. The van der Waals surface area contributed by atoms with Gasteiger partial charge in [0.15, 0.2) is 0 Å². The molecule has 0 saturated carbocycles. The molecule has 1 fully saturated rings. The second kappa shape index (κ2) is 9.34. The topological polar surface area (TPSA) is 66.5 Å². The molecule has 1 amide bonds. The third kappa shape index (κ3) is 5.06. The fraction of sp³-hybridized carbons (Fsp3) is 0.208. The van der Waals surface area contributed by atoms with Crippen molar-refractivity contribution >= 4 is 31.9 Å². The highest BCUT2D eigenvalue weighted by Crippen LogP contribution is 2.25. The van der Waals surface area contributed by atoms with Gasteiger partial charge in [-0.25, -0.2) is 8.42 Å². The van der Waals surface area contributed by atoms with Crippen LogP contribution in [0.4, 0.5) is 0 Å². The summed E-state index contributed by atoms with van der Waals surface area (Å²) in [7, 11) is -3.43. The first-order chi connectivity index (χ1) is 14.9. The molecule has 0 atom stereocenters. The lowest BCUT2D eigenvalue weighted by molar-refractivity contribution is 0.0951. The summed E-state index contributed by atoms with van der Waals surface area (Å²) in [5.41, 5.74) is 3.30. The van der Waals surface area contributed by atoms with Crippen LogP contribution < -0.4 is 5.32 Å². The van der Waals surface area contributed by atoms with Crippen LogP contribution in [0, 0.1) is 0 Å². The van der Waals surface area contributed by atoms with Gasteiger partial charge in [0.2, 0.25) is 10.0 Å². The van der Waals surface area contributed by atoms with Gasteiger partial charge < -0.3 is 5.32 Å². The van der Waals surface area contributed by atoms with E-state index in [-0.39, 0.29) is 5.91 Å². The summed E-state index contributed by atoms with van der Waals surface area (Å²) in [6.07, 6.45) is 1.82. The van der Waals surface area contributed by atoms with Gasteiger partial charge in [-0.05, 0) is 65.9 Å². The van der Waals surface area contributed by atoms with Crippen LogP contribution in [0.1, 0.15) is 28.8 Å². The quantitative estimate of drug-likeness (QED) is 0.529. The minimum absolute atomic E-state index is 0.155. The number of benzene rings is 3. The standard InChI is InChI=1S/C24H23BrN2O3S/c25-22-10-6-18(7-11-22)17-26-24(28)21-5-3-4-20(16-21)19-8-12-23(13-9-19)31(29,30)27-14-1-2-15-27/h3-13,16H,1-2,14-15,17H2,(H,26,28). The second-order valence-electron chi connectivity index (χ2n) is 7.53. The molecule has 1 aliphatic rings. The highest BCUT2D eigenvalue weighted by molar-refractivity contribution is 9.10. The van der Waals surface area contributed by atoms with E-state index in [0.717, 1.165) is 34.0 Å². The molecule has 0 unspecified atom stereocenters. The number of nitrogens with zero attached hydrogens (tertiary/aromatic N) is 1. The smallest absolute Gasteiger partial charge is 0.251 e. The molecule has 5 nitrogen and oxygen atoms in total. The summed E-state index contributed by atoms with van der Waals surface area (Å²) in [6, 6.07) is 22.0. The van der Waals surface area contributed by atoms with Crippen LogP contribution in [0.15, 0.2) is 82.2 Å². The van der Waals surface area contributed by atoms with Gasteiger partial charge in [-0.2, -0.15) is 4.31 Å². The van der Waals surface area contributed by atoms with Crippen molar-refractivity contribution in [3.63, 3.8) is 0 Å². The zero-order valence-corrected chi connectivity index (χ0v) is 19.3. The van der Waals surface area contributed by atoms with E-state index < -0.39 is 10.0 Å². The van der Waals surface area contributed by atoms with Crippen molar-refractivity contribution in [3.8, 4) is 11.1 Å². The van der Waals surface area contributed by atoms with E-state index in [9.17, 15) is 13.2 Å². The highest BCUT2D eigenvalue weighted by atomic mass is 79.9. The Morgan fingerprint density at radius 2 is 1.58 bits per heavy atom. The fourth-order valence-electron chi connectivity index (χ4n) is 3.62. The van der Waals surface area contributed by atoms with Crippen LogP contribution in [0.2, 0.25) is 0 Å². The second-order valence-corrected chi connectivity index (χ2v) is 10.4. The first-order valence-electron chi connectivity index (χ1n) is 10.2. The van der Waals surface area contributed by atoms with Gasteiger partial charge in [-0.3, -0.25) is 4.79 Å². The number of sulfonamides is 1. The zero-order valence-electron chi connectivity index (χ0n) is 16.9. The van der Waals surface area contributed by atoms with Gasteiger partial charge in [-0.15, -0.1) is 0 Å². The predicted octanol–water partition coefficient (Wildman–Crippen LogP) is 4.83. The van der Waals surface area contributed by atoms with Crippen molar-refractivity contribution in [1.29, 1.82) is 0 Å². The zero-order chi connectivity index (χ0) is 21.8. The summed E-state index contributed by atoms with van der Waals surface area (Å²) in [5, 5.41) is 2.93. The first kappa shape index (κ1) is 21.7. The van der Waals surface area contributed by atoms with Gasteiger partial charge in [0.25, 0.3) is 5.91 Å². The highest BCUT2D eigenvalue weighted by Gasteiger charge is 2.26. The Hall–Kier alpha value is -2.48. The molecule has 1 aliphatic heterocycles. The molecule has 1 saturated heterocycles. The number of hydrogen-bond donors (Lipinski definition) is 1. The average molecular weight is 499 g/mol. The number of rotatable bonds is 6.